The number of fused-ring (bicyclic) bond motifs is 4. The maximum Gasteiger partial charge on any atom is 0.0714 e. The minimum atomic E-state index is -0.953. The molecule has 54 heavy (non-hydrogen) atoms. The van der Waals surface area contributed by atoms with Gasteiger partial charge in [-0.15, -0.1) is 0 Å². The third kappa shape index (κ3) is 5.25. The van der Waals surface area contributed by atoms with Crippen LogP contribution in [0.1, 0.15) is 40.1 Å². The Morgan fingerprint density at radius 1 is 0.370 bits per heavy atom. The van der Waals surface area contributed by atoms with E-state index in [4.69, 9.17) is 6.85 Å². The van der Waals surface area contributed by atoms with Crippen LogP contribution in [0.4, 0.5) is 17.1 Å². The number of rotatable bonds is 7. The molecule has 0 atom stereocenters. The molecular formula is C53H37N. The Morgan fingerprint density at radius 2 is 1.00 bits per heavy atom. The first-order valence-electron chi connectivity index (χ1n) is 24.1. The van der Waals surface area contributed by atoms with Crippen LogP contribution >= 0.6 is 0 Å². The summed E-state index contributed by atoms with van der Waals surface area (Å²) >= 11 is 0. The van der Waals surface area contributed by atoms with Crippen molar-refractivity contribution in [2.75, 3.05) is 4.90 Å². The molecule has 0 unspecified atom stereocenters. The molecule has 0 amide bonds. The molecule has 1 nitrogen and oxygen atoms in total. The first kappa shape index (κ1) is 20.9. The van der Waals surface area contributed by atoms with Crippen LogP contribution in [0.2, 0.25) is 0 Å². The molecule has 0 fully saturated rings. The molecule has 0 saturated carbocycles. The van der Waals surface area contributed by atoms with Crippen LogP contribution in [-0.2, 0) is 5.41 Å². The number of benzene rings is 9. The quantitative estimate of drug-likeness (QED) is 0.160. The Bertz CT molecular complexity index is 3420. The largest absolute Gasteiger partial charge is 0.310 e. The van der Waals surface area contributed by atoms with Gasteiger partial charge in [0.2, 0.25) is 0 Å². The van der Waals surface area contributed by atoms with E-state index < -0.39 is 88.7 Å². The van der Waals surface area contributed by atoms with Gasteiger partial charge in [-0.2, -0.15) is 0 Å². The monoisotopic (exact) mass is 700 g/mol. The second-order valence-corrected chi connectivity index (χ2v) is 13.1. The molecule has 254 valence electrons. The maximum absolute atomic E-state index is 9.96. The molecule has 0 saturated heterocycles. The van der Waals surface area contributed by atoms with E-state index in [0.717, 1.165) is 44.2 Å². The summed E-state index contributed by atoms with van der Waals surface area (Å²) in [6, 6.07) is 38.1. The zero-order valence-corrected chi connectivity index (χ0v) is 28.8. The van der Waals surface area contributed by atoms with Gasteiger partial charge in [0.1, 0.15) is 0 Å². The summed E-state index contributed by atoms with van der Waals surface area (Å²) in [5.41, 5.74) is 3.34. The van der Waals surface area contributed by atoms with Crippen molar-refractivity contribution in [1.82, 2.24) is 0 Å². The van der Waals surface area contributed by atoms with E-state index in [1.165, 1.54) is 4.90 Å². The zero-order chi connectivity index (χ0) is 47.2. The number of hydrogen-bond donors (Lipinski definition) is 0. The van der Waals surface area contributed by atoms with E-state index in [-0.39, 0.29) is 29.0 Å². The fraction of sp³-hybridized carbons (Fsp3) is 0.0189. The molecule has 1 aliphatic rings. The topological polar surface area (TPSA) is 3.24 Å². The number of hydrogen-bond acceptors (Lipinski definition) is 1. The van der Waals surface area contributed by atoms with Crippen LogP contribution in [-0.4, -0.2) is 0 Å². The predicted octanol–water partition coefficient (Wildman–Crippen LogP) is 14.0. The molecule has 0 aliphatic heterocycles. The lowest BCUT2D eigenvalue weighted by atomic mass is 9.67. The summed E-state index contributed by atoms with van der Waals surface area (Å²) in [6.07, 6.45) is 0. The van der Waals surface area contributed by atoms with Crippen molar-refractivity contribution in [3.8, 4) is 33.4 Å². The molecule has 0 aromatic heterocycles. The van der Waals surface area contributed by atoms with Gasteiger partial charge < -0.3 is 4.90 Å². The average Bonchev–Trinajstić information content (AvgIpc) is 3.65. The van der Waals surface area contributed by atoms with Crippen molar-refractivity contribution in [1.29, 1.82) is 0 Å². The minimum absolute atomic E-state index is 0.00856. The first-order chi connectivity index (χ1) is 32.2. The Balaban J connectivity index is 1.33. The van der Waals surface area contributed by atoms with Crippen molar-refractivity contribution in [2.24, 2.45) is 0 Å². The second kappa shape index (κ2) is 13.2. The molecule has 0 bridgehead atoms. The summed E-state index contributed by atoms with van der Waals surface area (Å²) in [5.74, 6) is 0. The van der Waals surface area contributed by atoms with E-state index in [1.807, 2.05) is 121 Å². The lowest BCUT2D eigenvalue weighted by molar-refractivity contribution is 0.768. The van der Waals surface area contributed by atoms with Gasteiger partial charge in [0.05, 0.1) is 23.2 Å². The summed E-state index contributed by atoms with van der Waals surface area (Å²) < 4.78 is 119. The zero-order valence-electron chi connectivity index (χ0n) is 41.8. The molecule has 0 radical (unpaired) electrons. The van der Waals surface area contributed by atoms with Crippen LogP contribution in [0.5, 0.6) is 0 Å². The van der Waals surface area contributed by atoms with Crippen LogP contribution in [0.15, 0.2) is 224 Å². The Hall–Kier alpha value is -6.96. The van der Waals surface area contributed by atoms with Crippen molar-refractivity contribution in [3.63, 3.8) is 0 Å². The van der Waals surface area contributed by atoms with Crippen LogP contribution in [0.3, 0.4) is 0 Å². The van der Waals surface area contributed by atoms with E-state index in [1.54, 1.807) is 18.2 Å². The highest BCUT2D eigenvalue weighted by Crippen LogP contribution is 2.57. The Kier molecular flexibility index (Phi) is 5.12. The van der Waals surface area contributed by atoms with Crippen LogP contribution in [0, 0.1) is 0 Å². The van der Waals surface area contributed by atoms with Gasteiger partial charge in [-0.1, -0.05) is 182 Å². The number of nitrogens with zero attached hydrogens (tertiary/aromatic N) is 1. The maximum atomic E-state index is 9.96. The van der Waals surface area contributed by atoms with Gasteiger partial charge in [-0.3, -0.25) is 0 Å². The lowest BCUT2D eigenvalue weighted by Crippen LogP contribution is -2.28. The highest BCUT2D eigenvalue weighted by molar-refractivity contribution is 5.91. The summed E-state index contributed by atoms with van der Waals surface area (Å²) in [7, 11) is 0. The fourth-order valence-corrected chi connectivity index (χ4v) is 7.79. The molecule has 0 N–H and O–H groups in total. The third-order valence-corrected chi connectivity index (χ3v) is 10.2. The summed E-state index contributed by atoms with van der Waals surface area (Å²) in [6.45, 7) is 0. The van der Waals surface area contributed by atoms with Crippen molar-refractivity contribution in [2.45, 2.75) is 5.41 Å². The van der Waals surface area contributed by atoms with Crippen molar-refractivity contribution < 1.29 is 17.8 Å². The molecule has 9 aromatic rings. The van der Waals surface area contributed by atoms with E-state index in [2.05, 4.69) is 6.07 Å². The smallest absolute Gasteiger partial charge is 0.0714 e. The lowest BCUT2D eigenvalue weighted by Gasteiger charge is -2.35. The molecule has 10 rings (SSSR count). The summed E-state index contributed by atoms with van der Waals surface area (Å²) in [5, 5.41) is 1.70. The minimum Gasteiger partial charge on any atom is -0.310 e. The molecule has 1 heteroatoms. The first-order valence-corrected chi connectivity index (χ1v) is 17.6. The number of anilines is 3. The predicted molar refractivity (Wildman–Crippen MR) is 227 cm³/mol. The van der Waals surface area contributed by atoms with E-state index in [0.29, 0.717) is 5.56 Å². The van der Waals surface area contributed by atoms with Crippen molar-refractivity contribution >= 4 is 27.8 Å². The van der Waals surface area contributed by atoms with E-state index >= 15 is 0 Å². The van der Waals surface area contributed by atoms with Crippen LogP contribution in [0.25, 0.3) is 44.2 Å². The van der Waals surface area contributed by atoms with Gasteiger partial charge in [0.15, 0.2) is 0 Å². The van der Waals surface area contributed by atoms with Gasteiger partial charge >= 0.3 is 0 Å². The highest BCUT2D eigenvalue weighted by Gasteiger charge is 2.46. The SMILES string of the molecule is [2H]c1c([2H])c([2H])c(-c2c([2H])c([2H])c(N(c3ccc4c(c3)C(c3ccccc3)(c3ccccc3)c3ccccc3-4)c3c([2H])c([2H])c([2H])c(-c4ccc5ccccc5c4)c3[2H])c([2H])c2[2H])c([2H])c1[2H]. The molecule has 1 aliphatic carbocycles. The Labute approximate surface area is 335 Å². The Morgan fingerprint density at radius 3 is 1.76 bits per heavy atom. The standard InChI is InChI=1S/C53H37N/c1-4-15-38(16-5-1)40-29-31-46(32-30-40)54(47-24-14-19-42(36-47)43-28-27-39-17-10-11-18-41(39)35-43)48-33-34-50-49-25-12-13-26-51(49)53(52(50)37-48,44-20-6-2-7-21-44)45-22-8-3-9-23-45/h1-37H/i1D,4D,5D,14D,15D,16D,19D,24D,29D,30D,31D,32D,36D. The second-order valence-electron chi connectivity index (χ2n) is 13.1. The van der Waals surface area contributed by atoms with Crippen molar-refractivity contribution in [3.05, 3.63) is 246 Å². The fourth-order valence-electron chi connectivity index (χ4n) is 7.79. The molecule has 9 aromatic carbocycles. The van der Waals surface area contributed by atoms with Crippen LogP contribution < -0.4 is 4.90 Å². The third-order valence-electron chi connectivity index (χ3n) is 10.2. The van der Waals surface area contributed by atoms with Gasteiger partial charge in [-0.05, 0) is 109 Å². The normalized spacial score (nSPS) is 16.0. The molecule has 0 spiro atoms. The van der Waals surface area contributed by atoms with Gasteiger partial charge in [-0.25, -0.2) is 0 Å². The van der Waals surface area contributed by atoms with Gasteiger partial charge in [0, 0.05) is 17.1 Å². The highest BCUT2D eigenvalue weighted by atomic mass is 15.1. The summed E-state index contributed by atoms with van der Waals surface area (Å²) in [4.78, 5) is 1.28. The molecule has 0 heterocycles. The van der Waals surface area contributed by atoms with Gasteiger partial charge in [0.25, 0.3) is 0 Å². The van der Waals surface area contributed by atoms with E-state index in [9.17, 15) is 11.0 Å². The molecular weight excluding hydrogens is 651 g/mol. The average molecular weight is 701 g/mol.